The molecule has 0 radical (unpaired) electrons. The zero-order valence-corrected chi connectivity index (χ0v) is 31.5. The minimum absolute atomic E-state index is 0. The maximum atomic E-state index is 2.43. The molecule has 0 N–H and O–H groups in total. The maximum Gasteiger partial charge on any atom is -0.0375 e. The van der Waals surface area contributed by atoms with E-state index in [1.807, 2.05) is 0 Å². The van der Waals surface area contributed by atoms with Gasteiger partial charge in [0.05, 0.1) is 0 Å². The van der Waals surface area contributed by atoms with Crippen molar-refractivity contribution in [3.8, 4) is 0 Å². The summed E-state index contributed by atoms with van der Waals surface area (Å²) in [7, 11) is 0. The third-order valence-electron chi connectivity index (χ3n) is 8.68. The molecule has 0 aromatic heterocycles. The fraction of sp³-hybridized carbons (Fsp3) is 0.706. The van der Waals surface area contributed by atoms with Crippen molar-refractivity contribution in [2.24, 2.45) is 35.5 Å². The van der Waals surface area contributed by atoms with E-state index in [2.05, 4.69) is 107 Å². The molecular formula is C34H56Cl2SiZr-2. The molecule has 2 aromatic carbocycles. The fourth-order valence-corrected chi connectivity index (χ4v) is 6.44. The second-order valence-corrected chi connectivity index (χ2v) is 23.0. The Balaban J connectivity index is 0.000000604. The van der Waals surface area contributed by atoms with E-state index in [0.717, 1.165) is 47.3 Å². The zero-order chi connectivity index (χ0) is 27.3. The molecular weight excluding hydrogens is 599 g/mol. The average molecular weight is 655 g/mol. The van der Waals surface area contributed by atoms with Gasteiger partial charge in [-0.1, -0.05) is 106 Å². The van der Waals surface area contributed by atoms with E-state index in [9.17, 15) is 0 Å². The van der Waals surface area contributed by atoms with Crippen molar-refractivity contribution in [1.29, 1.82) is 0 Å². The molecule has 2 aliphatic rings. The number of rotatable bonds is 4. The Labute approximate surface area is 264 Å². The standard InChI is InChI=1S/2C16H25.C2H6Si.2ClH.Zr/c2*1-10(2)13-8-14-6-12(5)7-16(14)15(9-13)11(3)4;1-3-2;;;/h2*6-7,10-11,13,15H,8-9H2,1-5H3;1-2H3;2*1H;/q2*-1;;;;+2/p-2. The van der Waals surface area contributed by atoms with Crippen molar-refractivity contribution in [3.63, 3.8) is 0 Å². The SMILES string of the molecule is C[Si](C)=[Zr+2].Cc1cc2c([cH-]1)CC(C(C)C)CC2C(C)C.Cc1cc2c([cH-]1)CC(C(C)C)CC2C(C)C.[Cl-].[Cl-]. The quantitative estimate of drug-likeness (QED) is 0.344. The Morgan fingerprint density at radius 1 is 0.658 bits per heavy atom. The average Bonchev–Trinajstić information content (AvgIpc) is 3.32. The van der Waals surface area contributed by atoms with Gasteiger partial charge in [-0.3, -0.25) is 0 Å². The smallest absolute Gasteiger partial charge is 0.0375 e. The van der Waals surface area contributed by atoms with Crippen LogP contribution in [0.3, 0.4) is 0 Å². The number of hydrogen-bond acceptors (Lipinski definition) is 0. The van der Waals surface area contributed by atoms with Crippen LogP contribution in [0.5, 0.6) is 0 Å². The summed E-state index contributed by atoms with van der Waals surface area (Å²) in [5, 5.41) is 0. The van der Waals surface area contributed by atoms with Crippen molar-refractivity contribution < 1.29 is 48.1 Å². The van der Waals surface area contributed by atoms with Crippen LogP contribution < -0.4 is 24.8 Å². The molecule has 4 atom stereocenters. The molecule has 216 valence electrons. The summed E-state index contributed by atoms with van der Waals surface area (Å²) in [6.07, 6.45) is 5.41. The number of fused-ring (bicyclic) bond motifs is 2. The third kappa shape index (κ3) is 11.0. The van der Waals surface area contributed by atoms with E-state index in [0.29, 0.717) is 0 Å². The van der Waals surface area contributed by atoms with E-state index in [1.54, 1.807) is 45.6 Å². The van der Waals surface area contributed by atoms with Crippen molar-refractivity contribution in [2.45, 2.75) is 120 Å². The van der Waals surface area contributed by atoms with Gasteiger partial charge in [0.15, 0.2) is 0 Å². The van der Waals surface area contributed by atoms with Crippen molar-refractivity contribution in [1.82, 2.24) is 0 Å². The fourth-order valence-electron chi connectivity index (χ4n) is 6.44. The number of hydrogen-bond donors (Lipinski definition) is 0. The van der Waals surface area contributed by atoms with E-state index in [-0.39, 0.29) is 30.2 Å². The van der Waals surface area contributed by atoms with Crippen LogP contribution in [0.2, 0.25) is 13.1 Å². The topological polar surface area (TPSA) is 0 Å². The van der Waals surface area contributed by atoms with Gasteiger partial charge in [0.2, 0.25) is 0 Å². The Morgan fingerprint density at radius 3 is 1.18 bits per heavy atom. The Hall–Kier alpha value is 0.380. The van der Waals surface area contributed by atoms with Crippen LogP contribution in [0.25, 0.3) is 0 Å². The molecule has 4 unspecified atom stereocenters. The van der Waals surface area contributed by atoms with Gasteiger partial charge in [-0.05, 0) is 36.5 Å². The van der Waals surface area contributed by atoms with Gasteiger partial charge in [0.1, 0.15) is 0 Å². The van der Waals surface area contributed by atoms with Crippen LogP contribution in [0.15, 0.2) is 24.3 Å². The summed E-state index contributed by atoms with van der Waals surface area (Å²) in [5.41, 5.74) is 9.72. The van der Waals surface area contributed by atoms with Gasteiger partial charge >= 0.3 is 41.9 Å². The molecule has 2 aromatic rings. The predicted octanol–water partition coefficient (Wildman–Crippen LogP) is 4.14. The molecule has 0 saturated carbocycles. The summed E-state index contributed by atoms with van der Waals surface area (Å²) in [5.74, 6) is 6.58. The molecule has 0 aliphatic heterocycles. The Morgan fingerprint density at radius 2 is 0.947 bits per heavy atom. The molecule has 4 heteroatoms. The number of aryl methyl sites for hydroxylation is 2. The van der Waals surface area contributed by atoms with E-state index in [4.69, 9.17) is 0 Å². The van der Waals surface area contributed by atoms with Gasteiger partial charge in [-0.25, -0.2) is 12.1 Å². The van der Waals surface area contributed by atoms with E-state index >= 15 is 0 Å². The molecule has 0 fully saturated rings. The first-order valence-corrected chi connectivity index (χ1v) is 20.9. The van der Waals surface area contributed by atoms with Crippen LogP contribution in [-0.4, -0.2) is 5.43 Å². The van der Waals surface area contributed by atoms with Gasteiger partial charge in [-0.15, -0.1) is 0 Å². The van der Waals surface area contributed by atoms with Crippen LogP contribution in [-0.2, 0) is 36.2 Å². The Bertz CT molecular complexity index is 889. The molecule has 0 spiro atoms. The summed E-state index contributed by atoms with van der Waals surface area (Å²) in [4.78, 5) is 0. The molecule has 2 aliphatic carbocycles. The molecule has 0 nitrogen and oxygen atoms in total. The minimum atomic E-state index is 0. The largest absolute Gasteiger partial charge is 1.00 e. The van der Waals surface area contributed by atoms with Crippen LogP contribution in [0.1, 0.15) is 113 Å². The van der Waals surface area contributed by atoms with Gasteiger partial charge < -0.3 is 24.8 Å². The Kier molecular flexibility index (Phi) is 17.5. The zero-order valence-electron chi connectivity index (χ0n) is 26.5. The van der Waals surface area contributed by atoms with Crippen LogP contribution in [0.4, 0.5) is 0 Å². The molecule has 38 heavy (non-hydrogen) atoms. The van der Waals surface area contributed by atoms with Crippen LogP contribution >= 0.6 is 0 Å². The minimum Gasteiger partial charge on any atom is -1.00 e. The summed E-state index contributed by atoms with van der Waals surface area (Å²) < 4.78 is 0. The molecule has 0 bridgehead atoms. The van der Waals surface area contributed by atoms with Gasteiger partial charge in [-0.2, -0.15) is 45.5 Å². The van der Waals surface area contributed by atoms with Crippen molar-refractivity contribution in [3.05, 3.63) is 57.6 Å². The first kappa shape index (κ1) is 38.4. The second kappa shape index (κ2) is 17.4. The van der Waals surface area contributed by atoms with E-state index in [1.165, 1.54) is 36.8 Å². The third-order valence-corrected chi connectivity index (χ3v) is 8.68. The van der Waals surface area contributed by atoms with E-state index < -0.39 is 0 Å². The summed E-state index contributed by atoms with van der Waals surface area (Å²) >= 11 is 1.74. The molecule has 0 saturated heterocycles. The first-order chi connectivity index (χ1) is 16.7. The predicted molar refractivity (Wildman–Crippen MR) is 159 cm³/mol. The second-order valence-electron chi connectivity index (χ2n) is 13.6. The monoisotopic (exact) mass is 652 g/mol. The summed E-state index contributed by atoms with van der Waals surface area (Å²) in [6.45, 7) is 28.1. The van der Waals surface area contributed by atoms with Crippen molar-refractivity contribution >= 4 is 5.43 Å². The van der Waals surface area contributed by atoms with Crippen LogP contribution in [0, 0.1) is 49.4 Å². The first-order valence-electron chi connectivity index (χ1n) is 14.7. The summed E-state index contributed by atoms with van der Waals surface area (Å²) in [6, 6.07) is 9.69. The van der Waals surface area contributed by atoms with Crippen molar-refractivity contribution in [2.75, 3.05) is 0 Å². The molecule has 4 rings (SSSR count). The molecule has 0 amide bonds. The number of halogens is 2. The van der Waals surface area contributed by atoms with Gasteiger partial charge in [0, 0.05) is 0 Å². The maximum absolute atomic E-state index is 2.43. The normalized spacial score (nSPS) is 21.9. The van der Waals surface area contributed by atoms with Gasteiger partial charge in [0.25, 0.3) is 0 Å². The molecule has 0 heterocycles.